The van der Waals surface area contributed by atoms with E-state index in [2.05, 4.69) is 60.6 Å². The molecule has 0 radical (unpaired) electrons. The van der Waals surface area contributed by atoms with Crippen molar-refractivity contribution < 1.29 is 0 Å². The number of piperazine rings is 1. The Kier molecular flexibility index (Phi) is 8.77. The molecule has 7 heteroatoms. The highest BCUT2D eigenvalue weighted by Crippen LogP contribution is 2.12. The summed E-state index contributed by atoms with van der Waals surface area (Å²) in [5.74, 6) is 2.01. The van der Waals surface area contributed by atoms with Crippen LogP contribution in [0.2, 0.25) is 0 Å². The normalized spacial score (nSPS) is 15.3. The smallest absolute Gasteiger partial charge is 0.194 e. The fraction of sp³-hybridized carbons (Fsp3) is 0.467. The second-order valence-corrected chi connectivity index (χ2v) is 5.97. The highest BCUT2D eigenvalue weighted by molar-refractivity contribution is 14.0. The van der Waals surface area contributed by atoms with Crippen molar-refractivity contribution in [1.82, 2.24) is 15.2 Å². The average molecular weight is 480 g/mol. The van der Waals surface area contributed by atoms with E-state index in [9.17, 15) is 0 Å². The number of pyridine rings is 1. The van der Waals surface area contributed by atoms with Gasteiger partial charge in [0.25, 0.3) is 0 Å². The van der Waals surface area contributed by atoms with Gasteiger partial charge in [0.2, 0.25) is 0 Å². The third-order valence-electron chi connectivity index (χ3n) is 3.29. The fourth-order valence-corrected chi connectivity index (χ4v) is 2.40. The van der Waals surface area contributed by atoms with E-state index >= 15 is 0 Å². The van der Waals surface area contributed by atoms with Crippen molar-refractivity contribution in [3.05, 3.63) is 35.5 Å². The molecular weight excluding hydrogens is 457 g/mol. The molecule has 0 amide bonds. The maximum atomic E-state index is 4.59. The van der Waals surface area contributed by atoms with Crippen LogP contribution in [0.4, 0.5) is 5.82 Å². The third kappa shape index (κ3) is 5.75. The monoisotopic (exact) mass is 479 g/mol. The number of aliphatic imine (C=N–C) groups is 1. The van der Waals surface area contributed by atoms with Gasteiger partial charge in [-0.15, -0.1) is 24.0 Å². The van der Waals surface area contributed by atoms with Crippen molar-refractivity contribution in [2.75, 3.05) is 44.2 Å². The van der Waals surface area contributed by atoms with Gasteiger partial charge in [-0.3, -0.25) is 0 Å². The SMILES string of the molecule is C=C(Br)CN=C(NCC)N1CCN(c2ccccn2)CC1.I. The van der Waals surface area contributed by atoms with E-state index in [0.29, 0.717) is 6.54 Å². The Hall–Kier alpha value is -0.830. The van der Waals surface area contributed by atoms with Gasteiger partial charge in [-0.2, -0.15) is 0 Å². The van der Waals surface area contributed by atoms with Crippen molar-refractivity contribution in [3.63, 3.8) is 0 Å². The van der Waals surface area contributed by atoms with Gasteiger partial charge in [0.15, 0.2) is 5.96 Å². The molecule has 5 nitrogen and oxygen atoms in total. The van der Waals surface area contributed by atoms with Gasteiger partial charge < -0.3 is 15.1 Å². The summed E-state index contributed by atoms with van der Waals surface area (Å²) in [5, 5.41) is 3.34. The summed E-state index contributed by atoms with van der Waals surface area (Å²) in [6, 6.07) is 6.04. The lowest BCUT2D eigenvalue weighted by molar-refractivity contribution is 0.372. The van der Waals surface area contributed by atoms with Crippen LogP contribution in [0.15, 0.2) is 40.4 Å². The number of nitrogens with one attached hydrogen (secondary N) is 1. The van der Waals surface area contributed by atoms with Crippen LogP contribution < -0.4 is 10.2 Å². The number of halogens is 2. The molecule has 0 spiro atoms. The topological polar surface area (TPSA) is 43.8 Å². The standard InChI is InChI=1S/C15H22BrN5.HI/c1-3-17-15(19-12-13(2)16)21-10-8-20(9-11-21)14-6-4-5-7-18-14;/h4-7H,2-3,8-12H2,1H3,(H,17,19);1H. The Bertz CT molecular complexity index is 486. The Morgan fingerprint density at radius 3 is 2.64 bits per heavy atom. The number of hydrogen-bond donors (Lipinski definition) is 1. The first-order valence-corrected chi connectivity index (χ1v) is 8.02. The molecule has 0 saturated carbocycles. The zero-order valence-electron chi connectivity index (χ0n) is 12.8. The lowest BCUT2D eigenvalue weighted by Crippen LogP contribution is -2.52. The second-order valence-electron chi connectivity index (χ2n) is 4.85. The number of nitrogens with zero attached hydrogens (tertiary/aromatic N) is 4. The minimum Gasteiger partial charge on any atom is -0.357 e. The predicted molar refractivity (Wildman–Crippen MR) is 107 cm³/mol. The molecule has 0 unspecified atom stereocenters. The maximum Gasteiger partial charge on any atom is 0.194 e. The van der Waals surface area contributed by atoms with Crippen LogP contribution in [0.25, 0.3) is 0 Å². The second kappa shape index (κ2) is 10.0. The summed E-state index contributed by atoms with van der Waals surface area (Å²) < 4.78 is 0.894. The summed E-state index contributed by atoms with van der Waals surface area (Å²) in [6.07, 6.45) is 1.84. The van der Waals surface area contributed by atoms with Gasteiger partial charge >= 0.3 is 0 Å². The van der Waals surface area contributed by atoms with Gasteiger partial charge in [0.1, 0.15) is 5.82 Å². The predicted octanol–water partition coefficient (Wildman–Crippen LogP) is 2.70. The van der Waals surface area contributed by atoms with Crippen molar-refractivity contribution in [3.8, 4) is 0 Å². The molecule has 122 valence electrons. The van der Waals surface area contributed by atoms with Gasteiger partial charge in [-0.25, -0.2) is 9.98 Å². The van der Waals surface area contributed by atoms with E-state index in [1.807, 2.05) is 18.3 Å². The van der Waals surface area contributed by atoms with Crippen LogP contribution in [0.1, 0.15) is 6.92 Å². The zero-order valence-corrected chi connectivity index (χ0v) is 16.8. The molecule has 2 rings (SSSR count). The van der Waals surface area contributed by atoms with Crippen molar-refractivity contribution in [1.29, 1.82) is 0 Å². The van der Waals surface area contributed by atoms with Crippen molar-refractivity contribution in [2.24, 2.45) is 4.99 Å². The largest absolute Gasteiger partial charge is 0.357 e. The molecule has 2 heterocycles. The Morgan fingerprint density at radius 2 is 2.09 bits per heavy atom. The molecule has 0 bridgehead atoms. The van der Waals surface area contributed by atoms with Crippen molar-refractivity contribution >= 4 is 51.7 Å². The van der Waals surface area contributed by atoms with E-state index < -0.39 is 0 Å². The van der Waals surface area contributed by atoms with Crippen LogP contribution in [0.5, 0.6) is 0 Å². The molecule has 1 fully saturated rings. The minimum absolute atomic E-state index is 0. The Balaban J connectivity index is 0.00000242. The van der Waals surface area contributed by atoms with E-state index in [-0.39, 0.29) is 24.0 Å². The van der Waals surface area contributed by atoms with Crippen LogP contribution in [-0.2, 0) is 0 Å². The molecule has 1 aromatic rings. The highest BCUT2D eigenvalue weighted by Gasteiger charge is 2.20. The molecule has 1 aromatic heterocycles. The number of guanidine groups is 1. The van der Waals surface area contributed by atoms with Crippen LogP contribution in [-0.4, -0.2) is 55.1 Å². The Morgan fingerprint density at radius 1 is 1.36 bits per heavy atom. The van der Waals surface area contributed by atoms with Gasteiger partial charge in [0.05, 0.1) is 6.54 Å². The van der Waals surface area contributed by atoms with E-state index in [1.54, 1.807) is 0 Å². The van der Waals surface area contributed by atoms with E-state index in [1.165, 1.54) is 0 Å². The molecule has 1 aliphatic rings. The number of aromatic nitrogens is 1. The highest BCUT2D eigenvalue weighted by atomic mass is 127. The molecule has 0 aromatic carbocycles. The first-order valence-electron chi connectivity index (χ1n) is 7.23. The fourth-order valence-electron chi connectivity index (χ4n) is 2.27. The third-order valence-corrected chi connectivity index (χ3v) is 3.54. The maximum absolute atomic E-state index is 4.59. The average Bonchev–Trinajstić information content (AvgIpc) is 2.52. The summed E-state index contributed by atoms with van der Waals surface area (Å²) in [4.78, 5) is 13.6. The first kappa shape index (κ1) is 19.2. The quantitative estimate of drug-likeness (QED) is 0.409. The number of rotatable bonds is 4. The molecule has 22 heavy (non-hydrogen) atoms. The number of anilines is 1. The summed E-state index contributed by atoms with van der Waals surface area (Å²) >= 11 is 3.35. The molecule has 0 atom stereocenters. The van der Waals surface area contributed by atoms with Gasteiger partial charge in [0, 0.05) is 43.4 Å². The van der Waals surface area contributed by atoms with Crippen molar-refractivity contribution in [2.45, 2.75) is 6.92 Å². The molecule has 0 aliphatic carbocycles. The Labute approximate surface area is 158 Å². The van der Waals surface area contributed by atoms with E-state index in [4.69, 9.17) is 0 Å². The summed E-state index contributed by atoms with van der Waals surface area (Å²) in [7, 11) is 0. The van der Waals surface area contributed by atoms with Gasteiger partial charge in [-0.05, 0) is 19.1 Å². The lowest BCUT2D eigenvalue weighted by Gasteiger charge is -2.37. The van der Waals surface area contributed by atoms with E-state index in [0.717, 1.165) is 49.0 Å². The molecule has 1 N–H and O–H groups in total. The van der Waals surface area contributed by atoms with Crippen LogP contribution >= 0.6 is 39.9 Å². The molecule has 1 aliphatic heterocycles. The molecular formula is C15H23BrIN5. The van der Waals surface area contributed by atoms with Gasteiger partial charge in [-0.1, -0.05) is 28.6 Å². The first-order chi connectivity index (χ1) is 10.2. The van der Waals surface area contributed by atoms with Crippen LogP contribution in [0, 0.1) is 0 Å². The number of hydrogen-bond acceptors (Lipinski definition) is 3. The summed E-state index contributed by atoms with van der Waals surface area (Å²) in [6.45, 7) is 11.2. The van der Waals surface area contributed by atoms with Crippen LogP contribution in [0.3, 0.4) is 0 Å². The zero-order chi connectivity index (χ0) is 15.1. The molecule has 1 saturated heterocycles. The summed E-state index contributed by atoms with van der Waals surface area (Å²) in [5.41, 5.74) is 0. The minimum atomic E-state index is 0. The lowest BCUT2D eigenvalue weighted by atomic mass is 10.3.